The summed E-state index contributed by atoms with van der Waals surface area (Å²) in [5.41, 5.74) is -0.660. The number of aryl methyl sites for hydroxylation is 1. The van der Waals surface area contributed by atoms with Crippen molar-refractivity contribution in [3.8, 4) is 0 Å². The summed E-state index contributed by atoms with van der Waals surface area (Å²) >= 11 is 1.50. The number of rotatable bonds is 5. The Morgan fingerprint density at radius 3 is 2.71 bits per heavy atom. The van der Waals surface area contributed by atoms with Crippen LogP contribution in [0.5, 0.6) is 0 Å². The Labute approximate surface area is 144 Å². The van der Waals surface area contributed by atoms with Crippen molar-refractivity contribution < 1.29 is 24.2 Å². The largest absolute Gasteiger partial charge is 0.474 e. The molecule has 0 unspecified atom stereocenters. The Kier molecular flexibility index (Phi) is 5.41. The van der Waals surface area contributed by atoms with Crippen LogP contribution in [0.4, 0.5) is 0 Å². The highest BCUT2D eigenvalue weighted by Crippen LogP contribution is 2.40. The number of aliphatic hydroxyl groups is 1. The molecule has 1 aromatic rings. The number of esters is 1. The highest BCUT2D eigenvalue weighted by atomic mass is 32.1. The summed E-state index contributed by atoms with van der Waals surface area (Å²) in [6.45, 7) is 5.12. The van der Waals surface area contributed by atoms with Crippen LogP contribution in [-0.4, -0.2) is 35.7 Å². The van der Waals surface area contributed by atoms with Crippen molar-refractivity contribution in [2.75, 3.05) is 7.11 Å². The quantitative estimate of drug-likeness (QED) is 0.503. The molecular formula is C18H20O5S. The fourth-order valence-corrected chi connectivity index (χ4v) is 3.03. The first-order valence-electron chi connectivity index (χ1n) is 7.45. The third-order valence-corrected chi connectivity index (χ3v) is 4.47. The molecule has 1 aliphatic rings. The Bertz CT molecular complexity index is 738. The van der Waals surface area contributed by atoms with Crippen LogP contribution in [0.15, 0.2) is 41.3 Å². The molecule has 0 saturated carbocycles. The van der Waals surface area contributed by atoms with E-state index >= 15 is 0 Å². The average Bonchev–Trinajstić information content (AvgIpc) is 3.06. The van der Waals surface area contributed by atoms with E-state index in [4.69, 9.17) is 9.47 Å². The normalized spacial score (nSPS) is 22.5. The summed E-state index contributed by atoms with van der Waals surface area (Å²) in [6.07, 6.45) is 5.78. The van der Waals surface area contributed by atoms with Gasteiger partial charge in [-0.05, 0) is 38.3 Å². The maximum atomic E-state index is 12.8. The van der Waals surface area contributed by atoms with E-state index in [0.717, 1.165) is 4.88 Å². The second-order valence-corrected chi connectivity index (χ2v) is 6.73. The lowest BCUT2D eigenvalue weighted by Crippen LogP contribution is -2.32. The molecule has 0 bridgehead atoms. The molecule has 1 aromatic heterocycles. The monoisotopic (exact) mass is 348 g/mol. The number of thiophene rings is 1. The fourth-order valence-electron chi connectivity index (χ4n) is 2.33. The molecule has 2 rings (SSSR count). The average molecular weight is 348 g/mol. The van der Waals surface area contributed by atoms with E-state index in [1.54, 1.807) is 38.2 Å². The van der Waals surface area contributed by atoms with Gasteiger partial charge in [0.2, 0.25) is 5.78 Å². The maximum Gasteiger partial charge on any atom is 0.345 e. The molecule has 0 aliphatic carbocycles. The first-order chi connectivity index (χ1) is 11.3. The number of hydrogen-bond donors (Lipinski definition) is 1. The molecule has 0 amide bonds. The van der Waals surface area contributed by atoms with E-state index in [2.05, 4.69) is 0 Å². The van der Waals surface area contributed by atoms with Gasteiger partial charge in [-0.1, -0.05) is 18.2 Å². The molecule has 0 radical (unpaired) electrons. The van der Waals surface area contributed by atoms with E-state index in [-0.39, 0.29) is 11.3 Å². The molecule has 1 N–H and O–H groups in total. The van der Waals surface area contributed by atoms with Crippen LogP contribution in [0, 0.1) is 6.92 Å². The van der Waals surface area contributed by atoms with Crippen LogP contribution in [0.1, 0.15) is 24.3 Å². The molecule has 2 atom stereocenters. The summed E-state index contributed by atoms with van der Waals surface area (Å²) in [5.74, 6) is -0.911. The van der Waals surface area contributed by atoms with Gasteiger partial charge in [0.25, 0.3) is 0 Å². The van der Waals surface area contributed by atoms with Crippen molar-refractivity contribution in [3.63, 3.8) is 0 Å². The molecule has 1 aliphatic heterocycles. The SMILES string of the molecule is COC(=O)C1=C(c2ccsc2C)O[C@](C)(/C=C/C=C/[C@H](C)O)C1=O. The zero-order valence-corrected chi connectivity index (χ0v) is 14.8. The lowest BCUT2D eigenvalue weighted by atomic mass is 9.95. The second-order valence-electron chi connectivity index (χ2n) is 5.61. The van der Waals surface area contributed by atoms with Gasteiger partial charge in [0.1, 0.15) is 11.3 Å². The Morgan fingerprint density at radius 1 is 1.46 bits per heavy atom. The highest BCUT2D eigenvalue weighted by Gasteiger charge is 2.47. The van der Waals surface area contributed by atoms with Crippen molar-refractivity contribution in [2.24, 2.45) is 0 Å². The number of Topliss-reactive ketones (excluding diaryl/α,β-unsaturated/α-hetero) is 1. The predicted molar refractivity (Wildman–Crippen MR) is 92.4 cm³/mol. The predicted octanol–water partition coefficient (Wildman–Crippen LogP) is 2.79. The van der Waals surface area contributed by atoms with Gasteiger partial charge in [-0.25, -0.2) is 4.79 Å². The number of carbonyl (C=O) groups is 2. The van der Waals surface area contributed by atoms with E-state index < -0.39 is 23.5 Å². The zero-order chi connectivity index (χ0) is 17.9. The van der Waals surface area contributed by atoms with Crippen molar-refractivity contribution >= 4 is 28.8 Å². The number of ketones is 1. The van der Waals surface area contributed by atoms with Crippen molar-refractivity contribution in [2.45, 2.75) is 32.5 Å². The minimum atomic E-state index is -1.30. The topological polar surface area (TPSA) is 72.8 Å². The number of aliphatic hydroxyl groups excluding tert-OH is 1. The molecule has 0 saturated heterocycles. The zero-order valence-electron chi connectivity index (χ0n) is 14.0. The van der Waals surface area contributed by atoms with E-state index in [1.165, 1.54) is 18.4 Å². The smallest absolute Gasteiger partial charge is 0.345 e. The number of methoxy groups -OCH3 is 1. The summed E-state index contributed by atoms with van der Waals surface area (Å²) < 4.78 is 10.6. The Hall–Kier alpha value is -2.18. The van der Waals surface area contributed by atoms with Crippen molar-refractivity contribution in [3.05, 3.63) is 51.8 Å². The first kappa shape index (κ1) is 18.2. The van der Waals surface area contributed by atoms with Crippen molar-refractivity contribution in [1.82, 2.24) is 0 Å². The first-order valence-corrected chi connectivity index (χ1v) is 8.33. The van der Waals surface area contributed by atoms with Crippen LogP contribution in [-0.2, 0) is 19.1 Å². The van der Waals surface area contributed by atoms with Crippen LogP contribution < -0.4 is 0 Å². The lowest BCUT2D eigenvalue weighted by Gasteiger charge is -2.19. The van der Waals surface area contributed by atoms with Crippen LogP contribution in [0.2, 0.25) is 0 Å². The summed E-state index contributed by atoms with van der Waals surface area (Å²) in [5, 5.41) is 11.1. The van der Waals surface area contributed by atoms with Crippen LogP contribution in [0.25, 0.3) is 5.76 Å². The molecule has 0 fully saturated rings. The highest BCUT2D eigenvalue weighted by molar-refractivity contribution is 7.10. The third kappa shape index (κ3) is 3.49. The van der Waals surface area contributed by atoms with E-state index in [9.17, 15) is 14.7 Å². The fraction of sp³-hybridized carbons (Fsp3) is 0.333. The van der Waals surface area contributed by atoms with Gasteiger partial charge in [-0.2, -0.15) is 0 Å². The molecule has 0 spiro atoms. The minimum Gasteiger partial charge on any atom is -0.474 e. The second kappa shape index (κ2) is 7.15. The molecule has 128 valence electrons. The third-order valence-electron chi connectivity index (χ3n) is 3.63. The van der Waals surface area contributed by atoms with E-state index in [0.29, 0.717) is 5.56 Å². The Balaban J connectivity index is 2.41. The molecular weight excluding hydrogens is 328 g/mol. The molecule has 2 heterocycles. The Morgan fingerprint density at radius 2 is 2.17 bits per heavy atom. The van der Waals surface area contributed by atoms with Gasteiger partial charge >= 0.3 is 5.97 Å². The summed E-state index contributed by atoms with van der Waals surface area (Å²) in [6, 6.07) is 1.81. The number of allylic oxidation sites excluding steroid dienone is 2. The van der Waals surface area contributed by atoms with Crippen molar-refractivity contribution in [1.29, 1.82) is 0 Å². The summed E-state index contributed by atoms with van der Waals surface area (Å²) in [7, 11) is 1.23. The lowest BCUT2D eigenvalue weighted by molar-refractivity contribution is -0.138. The van der Waals surface area contributed by atoms with Gasteiger partial charge in [0.05, 0.1) is 13.2 Å². The maximum absolute atomic E-state index is 12.8. The van der Waals surface area contributed by atoms with Gasteiger partial charge in [0.15, 0.2) is 5.60 Å². The van der Waals surface area contributed by atoms with Gasteiger partial charge in [-0.3, -0.25) is 4.79 Å². The summed E-state index contributed by atoms with van der Waals surface area (Å²) in [4.78, 5) is 25.8. The standard InChI is InChI=1S/C18H20O5S/c1-11(19)7-5-6-9-18(3)16(20)14(17(21)22-4)15(23-18)13-8-10-24-12(13)2/h5-11,19H,1-4H3/b7-5+,9-6+/t11-,18+/m0/s1. The van der Waals surface area contributed by atoms with E-state index in [1.807, 2.05) is 18.4 Å². The number of ether oxygens (including phenoxy) is 2. The molecule has 0 aromatic carbocycles. The minimum absolute atomic E-state index is 0.0781. The van der Waals surface area contributed by atoms with Crippen LogP contribution >= 0.6 is 11.3 Å². The van der Waals surface area contributed by atoms with Gasteiger partial charge in [0, 0.05) is 10.4 Å². The van der Waals surface area contributed by atoms with Gasteiger partial charge in [-0.15, -0.1) is 11.3 Å². The number of hydrogen-bond acceptors (Lipinski definition) is 6. The number of carbonyl (C=O) groups excluding carboxylic acids is 2. The molecule has 6 heteroatoms. The van der Waals surface area contributed by atoms with Crippen LogP contribution in [0.3, 0.4) is 0 Å². The molecule has 5 nitrogen and oxygen atoms in total. The van der Waals surface area contributed by atoms with Gasteiger partial charge < -0.3 is 14.6 Å². The molecule has 24 heavy (non-hydrogen) atoms.